The molecule has 1 rings (SSSR count). The van der Waals surface area contributed by atoms with E-state index in [9.17, 15) is 13.2 Å². The Morgan fingerprint density at radius 2 is 2.06 bits per heavy atom. The molecule has 0 aliphatic rings. The quantitative estimate of drug-likeness (QED) is 0.897. The van der Waals surface area contributed by atoms with Gasteiger partial charge in [0.1, 0.15) is 0 Å². The summed E-state index contributed by atoms with van der Waals surface area (Å²) in [6.45, 7) is 1.51. The van der Waals surface area contributed by atoms with Gasteiger partial charge >= 0.3 is 0 Å². The van der Waals surface area contributed by atoms with Crippen LogP contribution in [0, 0.1) is 6.92 Å². The van der Waals surface area contributed by atoms with Gasteiger partial charge in [-0.3, -0.25) is 4.79 Å². The number of aryl methyl sites for hydroxylation is 1. The van der Waals surface area contributed by atoms with Gasteiger partial charge in [-0.05, 0) is 24.6 Å². The van der Waals surface area contributed by atoms with E-state index in [0.717, 1.165) is 4.31 Å². The van der Waals surface area contributed by atoms with Crippen molar-refractivity contribution in [2.45, 2.75) is 11.8 Å². The van der Waals surface area contributed by atoms with Crippen LogP contribution in [0.25, 0.3) is 0 Å². The zero-order valence-electron chi connectivity index (χ0n) is 10.4. The van der Waals surface area contributed by atoms with E-state index in [-0.39, 0.29) is 17.3 Å². The molecule has 0 atom stereocenters. The highest BCUT2D eigenvalue weighted by atomic mass is 79.9. The van der Waals surface area contributed by atoms with Crippen molar-refractivity contribution in [3.63, 3.8) is 0 Å². The summed E-state index contributed by atoms with van der Waals surface area (Å²) in [5, 5.41) is 2.39. The van der Waals surface area contributed by atoms with Crippen LogP contribution in [0.4, 0.5) is 0 Å². The zero-order valence-corrected chi connectivity index (χ0v) is 12.8. The molecule has 1 aromatic rings. The molecular weight excluding hydrogens is 320 g/mol. The van der Waals surface area contributed by atoms with Crippen molar-refractivity contribution in [3.8, 4) is 0 Å². The molecule has 0 bridgehead atoms. The number of hydrogen-bond donors (Lipinski definition) is 1. The van der Waals surface area contributed by atoms with Crippen LogP contribution in [0.5, 0.6) is 0 Å². The molecule has 0 spiro atoms. The first kappa shape index (κ1) is 15.1. The average molecular weight is 335 g/mol. The molecule has 1 amide bonds. The van der Waals surface area contributed by atoms with Gasteiger partial charge in [0.05, 0.1) is 11.4 Å². The second-order valence-corrected chi connectivity index (χ2v) is 6.77. The van der Waals surface area contributed by atoms with Crippen LogP contribution < -0.4 is 5.32 Å². The van der Waals surface area contributed by atoms with Crippen molar-refractivity contribution < 1.29 is 13.2 Å². The first-order valence-corrected chi connectivity index (χ1v) is 7.45. The number of benzene rings is 1. The van der Waals surface area contributed by atoms with E-state index in [1.54, 1.807) is 19.1 Å². The van der Waals surface area contributed by atoms with Gasteiger partial charge in [0, 0.05) is 18.6 Å². The highest BCUT2D eigenvalue weighted by Crippen LogP contribution is 2.22. The van der Waals surface area contributed by atoms with Gasteiger partial charge in [-0.25, -0.2) is 8.42 Å². The Bertz CT molecular complexity index is 557. The van der Waals surface area contributed by atoms with E-state index in [1.807, 2.05) is 0 Å². The van der Waals surface area contributed by atoms with Crippen molar-refractivity contribution >= 4 is 31.9 Å². The average Bonchev–Trinajstić information content (AvgIpc) is 2.31. The SMILES string of the molecule is CNC(=O)CN(C)S(=O)(=O)c1cc(Br)ccc1C. The van der Waals surface area contributed by atoms with Crippen LogP contribution in [0.1, 0.15) is 5.56 Å². The van der Waals surface area contributed by atoms with Gasteiger partial charge < -0.3 is 5.32 Å². The van der Waals surface area contributed by atoms with Gasteiger partial charge in [-0.1, -0.05) is 22.0 Å². The molecule has 7 heteroatoms. The number of amides is 1. The largest absolute Gasteiger partial charge is 0.358 e. The minimum Gasteiger partial charge on any atom is -0.358 e. The lowest BCUT2D eigenvalue weighted by Gasteiger charge is -2.17. The summed E-state index contributed by atoms with van der Waals surface area (Å²) in [7, 11) is -0.810. The standard InChI is InChI=1S/C11H15BrN2O3S/c1-8-4-5-9(12)6-10(8)18(16,17)14(3)7-11(15)13-2/h4-6H,7H2,1-3H3,(H,13,15). The molecule has 0 heterocycles. The Morgan fingerprint density at radius 3 is 2.61 bits per heavy atom. The molecule has 1 N–H and O–H groups in total. The highest BCUT2D eigenvalue weighted by molar-refractivity contribution is 9.10. The molecular formula is C11H15BrN2O3S. The first-order valence-electron chi connectivity index (χ1n) is 5.22. The predicted molar refractivity (Wildman–Crippen MR) is 72.8 cm³/mol. The second-order valence-electron chi connectivity index (χ2n) is 3.84. The minimum atomic E-state index is -3.65. The second kappa shape index (κ2) is 5.81. The molecule has 0 unspecified atom stereocenters. The van der Waals surface area contributed by atoms with Crippen molar-refractivity contribution in [2.75, 3.05) is 20.6 Å². The molecule has 18 heavy (non-hydrogen) atoms. The predicted octanol–water partition coefficient (Wildman–Crippen LogP) is 1.12. The van der Waals surface area contributed by atoms with E-state index in [1.165, 1.54) is 20.2 Å². The smallest absolute Gasteiger partial charge is 0.243 e. The number of nitrogens with one attached hydrogen (secondary N) is 1. The van der Waals surface area contributed by atoms with Gasteiger partial charge in [0.15, 0.2) is 0 Å². The van der Waals surface area contributed by atoms with E-state index in [0.29, 0.717) is 10.0 Å². The van der Waals surface area contributed by atoms with Crippen LogP contribution >= 0.6 is 15.9 Å². The van der Waals surface area contributed by atoms with E-state index < -0.39 is 10.0 Å². The summed E-state index contributed by atoms with van der Waals surface area (Å²) in [6, 6.07) is 5.02. The third-order valence-electron chi connectivity index (χ3n) is 2.48. The Labute approximate surface area is 115 Å². The number of rotatable bonds is 4. The minimum absolute atomic E-state index is 0.197. The third kappa shape index (κ3) is 3.30. The lowest BCUT2D eigenvalue weighted by molar-refractivity contribution is -0.120. The zero-order chi connectivity index (χ0) is 13.9. The number of carbonyl (C=O) groups excluding carboxylic acids is 1. The maximum atomic E-state index is 12.3. The molecule has 100 valence electrons. The number of sulfonamides is 1. The molecule has 1 aromatic carbocycles. The Kier molecular flexibility index (Phi) is 4.89. The first-order chi connectivity index (χ1) is 8.28. The third-order valence-corrected chi connectivity index (χ3v) is 4.92. The van der Waals surface area contributed by atoms with Crippen molar-refractivity contribution in [2.24, 2.45) is 0 Å². The molecule has 0 radical (unpaired) electrons. The van der Waals surface area contributed by atoms with E-state index >= 15 is 0 Å². The van der Waals surface area contributed by atoms with Crippen molar-refractivity contribution in [1.29, 1.82) is 0 Å². The lowest BCUT2D eigenvalue weighted by Crippen LogP contribution is -2.37. The highest BCUT2D eigenvalue weighted by Gasteiger charge is 2.24. The summed E-state index contributed by atoms with van der Waals surface area (Å²) >= 11 is 3.24. The van der Waals surface area contributed by atoms with Crippen LogP contribution in [0.15, 0.2) is 27.6 Å². The number of halogens is 1. The summed E-state index contributed by atoms with van der Waals surface area (Å²) in [5.74, 6) is -0.353. The lowest BCUT2D eigenvalue weighted by atomic mass is 10.2. The van der Waals surface area contributed by atoms with Crippen molar-refractivity contribution in [1.82, 2.24) is 9.62 Å². The molecule has 0 saturated heterocycles. The Morgan fingerprint density at radius 1 is 1.44 bits per heavy atom. The fourth-order valence-corrected chi connectivity index (χ4v) is 3.27. The van der Waals surface area contributed by atoms with Gasteiger partial charge in [-0.2, -0.15) is 4.31 Å². The maximum Gasteiger partial charge on any atom is 0.243 e. The topological polar surface area (TPSA) is 66.5 Å². The van der Waals surface area contributed by atoms with Gasteiger partial charge in [0.25, 0.3) is 0 Å². The summed E-state index contributed by atoms with van der Waals surface area (Å²) < 4.78 is 26.3. The Balaban J connectivity index is 3.13. The van der Waals surface area contributed by atoms with Gasteiger partial charge in [0.2, 0.25) is 15.9 Å². The van der Waals surface area contributed by atoms with Crippen LogP contribution in [-0.2, 0) is 14.8 Å². The molecule has 0 aromatic heterocycles. The van der Waals surface area contributed by atoms with Gasteiger partial charge in [-0.15, -0.1) is 0 Å². The number of carbonyl (C=O) groups is 1. The fraction of sp³-hybridized carbons (Fsp3) is 0.364. The molecule has 5 nitrogen and oxygen atoms in total. The van der Waals surface area contributed by atoms with Crippen LogP contribution in [-0.4, -0.2) is 39.3 Å². The fourth-order valence-electron chi connectivity index (χ4n) is 1.39. The molecule has 0 aliphatic carbocycles. The summed E-state index contributed by atoms with van der Waals surface area (Å²) in [4.78, 5) is 11.4. The Hall–Kier alpha value is -0.920. The van der Waals surface area contributed by atoms with E-state index in [4.69, 9.17) is 0 Å². The maximum absolute atomic E-state index is 12.3. The van der Waals surface area contributed by atoms with Crippen LogP contribution in [0.3, 0.4) is 0 Å². The molecule has 0 fully saturated rings. The molecule has 0 saturated carbocycles. The molecule has 0 aliphatic heterocycles. The van der Waals surface area contributed by atoms with Crippen molar-refractivity contribution in [3.05, 3.63) is 28.2 Å². The number of likely N-dealkylation sites (N-methyl/N-ethyl adjacent to an activating group) is 2. The van der Waals surface area contributed by atoms with E-state index in [2.05, 4.69) is 21.2 Å². The number of nitrogens with zero attached hydrogens (tertiary/aromatic N) is 1. The normalized spacial score (nSPS) is 11.6. The van der Waals surface area contributed by atoms with Crippen LogP contribution in [0.2, 0.25) is 0 Å². The summed E-state index contributed by atoms with van der Waals surface area (Å²) in [6.07, 6.45) is 0. The monoisotopic (exact) mass is 334 g/mol. The number of hydrogen-bond acceptors (Lipinski definition) is 3. The summed E-state index contributed by atoms with van der Waals surface area (Å²) in [5.41, 5.74) is 0.641.